The van der Waals surface area contributed by atoms with E-state index in [1.54, 1.807) is 12.1 Å². The van der Waals surface area contributed by atoms with Crippen molar-refractivity contribution < 1.29 is 9.59 Å². The predicted molar refractivity (Wildman–Crippen MR) is 79.5 cm³/mol. The molecule has 0 radical (unpaired) electrons. The molecule has 20 heavy (non-hydrogen) atoms. The third-order valence-electron chi connectivity index (χ3n) is 2.93. The summed E-state index contributed by atoms with van der Waals surface area (Å²) in [6, 6.07) is 7.18. The highest BCUT2D eigenvalue weighted by molar-refractivity contribution is 7.10. The van der Waals surface area contributed by atoms with E-state index in [9.17, 15) is 9.59 Å². The predicted octanol–water partition coefficient (Wildman–Crippen LogP) is 3.85. The van der Waals surface area contributed by atoms with Crippen molar-refractivity contribution >= 4 is 52.2 Å². The highest BCUT2D eigenvalue weighted by Gasteiger charge is 2.40. The number of halogens is 2. The van der Waals surface area contributed by atoms with Crippen LogP contribution in [0.4, 0.5) is 10.5 Å². The molecule has 0 bridgehead atoms. The minimum absolute atomic E-state index is 0.296. The van der Waals surface area contributed by atoms with Gasteiger partial charge in [0, 0.05) is 4.88 Å². The molecule has 1 saturated heterocycles. The van der Waals surface area contributed by atoms with Gasteiger partial charge in [0.1, 0.15) is 6.04 Å². The topological polar surface area (TPSA) is 49.4 Å². The van der Waals surface area contributed by atoms with E-state index in [0.717, 1.165) is 9.78 Å². The lowest BCUT2D eigenvalue weighted by Gasteiger charge is -2.13. The molecular formula is C13H8Cl2N2O2S. The quantitative estimate of drug-likeness (QED) is 0.852. The van der Waals surface area contributed by atoms with E-state index in [1.807, 2.05) is 17.5 Å². The summed E-state index contributed by atoms with van der Waals surface area (Å²) in [6.07, 6.45) is 0. The van der Waals surface area contributed by atoms with Crippen molar-refractivity contribution in [2.45, 2.75) is 6.04 Å². The summed E-state index contributed by atoms with van der Waals surface area (Å²) in [4.78, 5) is 26.3. The molecule has 0 aliphatic carbocycles. The Labute approximate surface area is 128 Å². The molecule has 1 atom stereocenters. The van der Waals surface area contributed by atoms with Crippen molar-refractivity contribution in [1.82, 2.24) is 5.32 Å². The Balaban J connectivity index is 1.96. The molecule has 1 unspecified atom stereocenters. The molecule has 4 nitrogen and oxygen atoms in total. The van der Waals surface area contributed by atoms with Gasteiger partial charge in [-0.3, -0.25) is 4.79 Å². The van der Waals surface area contributed by atoms with Crippen molar-refractivity contribution in [3.05, 3.63) is 50.6 Å². The molecule has 1 aromatic heterocycles. The number of hydrogen-bond donors (Lipinski definition) is 1. The van der Waals surface area contributed by atoms with Gasteiger partial charge in [0.15, 0.2) is 0 Å². The van der Waals surface area contributed by atoms with Gasteiger partial charge >= 0.3 is 6.03 Å². The molecule has 1 fully saturated rings. The number of nitrogens with one attached hydrogen (secondary N) is 1. The van der Waals surface area contributed by atoms with Gasteiger partial charge in [0.2, 0.25) is 0 Å². The number of hydrogen-bond acceptors (Lipinski definition) is 3. The summed E-state index contributed by atoms with van der Waals surface area (Å²) in [7, 11) is 0. The van der Waals surface area contributed by atoms with Crippen molar-refractivity contribution in [2.24, 2.45) is 0 Å². The number of nitrogens with zero attached hydrogens (tertiary/aromatic N) is 1. The number of imide groups is 1. The molecule has 0 saturated carbocycles. The van der Waals surface area contributed by atoms with E-state index in [4.69, 9.17) is 23.2 Å². The maximum Gasteiger partial charge on any atom is 0.329 e. The van der Waals surface area contributed by atoms with Crippen molar-refractivity contribution in [3.63, 3.8) is 0 Å². The van der Waals surface area contributed by atoms with E-state index in [1.165, 1.54) is 17.4 Å². The van der Waals surface area contributed by atoms with E-state index in [2.05, 4.69) is 5.32 Å². The smallest absolute Gasteiger partial charge is 0.321 e. The first kappa shape index (κ1) is 13.4. The number of anilines is 1. The van der Waals surface area contributed by atoms with Crippen LogP contribution in [0.5, 0.6) is 0 Å². The van der Waals surface area contributed by atoms with Crippen LogP contribution in [-0.2, 0) is 4.79 Å². The van der Waals surface area contributed by atoms with Gasteiger partial charge in [0.05, 0.1) is 15.7 Å². The maximum atomic E-state index is 12.4. The second kappa shape index (κ2) is 5.09. The summed E-state index contributed by atoms with van der Waals surface area (Å²) in [5.74, 6) is -0.323. The molecule has 0 spiro atoms. The highest BCUT2D eigenvalue weighted by Crippen LogP contribution is 2.32. The fourth-order valence-electron chi connectivity index (χ4n) is 2.00. The Morgan fingerprint density at radius 3 is 2.60 bits per heavy atom. The zero-order valence-electron chi connectivity index (χ0n) is 9.97. The summed E-state index contributed by atoms with van der Waals surface area (Å²) in [6.45, 7) is 0. The Bertz CT molecular complexity index is 688. The lowest BCUT2D eigenvalue weighted by molar-refractivity contribution is -0.118. The van der Waals surface area contributed by atoms with Gasteiger partial charge in [0.25, 0.3) is 5.91 Å². The van der Waals surface area contributed by atoms with Crippen LogP contribution in [0.1, 0.15) is 10.9 Å². The Hall–Kier alpha value is -1.56. The van der Waals surface area contributed by atoms with Gasteiger partial charge in [-0.05, 0) is 29.6 Å². The van der Waals surface area contributed by atoms with E-state index >= 15 is 0 Å². The Morgan fingerprint density at radius 1 is 1.15 bits per heavy atom. The minimum atomic E-state index is -0.642. The summed E-state index contributed by atoms with van der Waals surface area (Å²) < 4.78 is 0. The minimum Gasteiger partial charge on any atom is -0.321 e. The van der Waals surface area contributed by atoms with Crippen LogP contribution in [0.2, 0.25) is 10.0 Å². The second-order valence-electron chi connectivity index (χ2n) is 4.17. The Morgan fingerprint density at radius 2 is 1.95 bits per heavy atom. The zero-order valence-corrected chi connectivity index (χ0v) is 12.3. The maximum absolute atomic E-state index is 12.4. The van der Waals surface area contributed by atoms with E-state index in [0.29, 0.717) is 15.7 Å². The fraction of sp³-hybridized carbons (Fsp3) is 0.0769. The van der Waals surface area contributed by atoms with Gasteiger partial charge in [-0.1, -0.05) is 29.3 Å². The standard InChI is InChI=1S/C13H8Cl2N2O2S/c14-8-4-3-7(6-9(8)15)17-12(18)11(16-13(17)19)10-2-1-5-20-10/h1-6,11H,(H,16,19). The first-order valence-electron chi connectivity index (χ1n) is 5.71. The number of amides is 3. The number of carbonyl (C=O) groups is 2. The van der Waals surface area contributed by atoms with E-state index < -0.39 is 12.1 Å². The normalized spacial score (nSPS) is 18.5. The third-order valence-corrected chi connectivity index (χ3v) is 4.60. The van der Waals surface area contributed by atoms with E-state index in [-0.39, 0.29) is 5.91 Å². The summed E-state index contributed by atoms with van der Waals surface area (Å²) >= 11 is 13.2. The van der Waals surface area contributed by atoms with Crippen molar-refractivity contribution in [1.29, 1.82) is 0 Å². The van der Waals surface area contributed by atoms with Crippen LogP contribution >= 0.6 is 34.5 Å². The zero-order chi connectivity index (χ0) is 14.3. The SMILES string of the molecule is O=C1NC(c2cccs2)C(=O)N1c1ccc(Cl)c(Cl)c1. The molecule has 1 aromatic carbocycles. The molecule has 7 heteroatoms. The van der Waals surface area contributed by atoms with Crippen LogP contribution < -0.4 is 10.2 Å². The van der Waals surface area contributed by atoms with Crippen LogP contribution in [0.25, 0.3) is 0 Å². The molecule has 1 aliphatic rings. The van der Waals surface area contributed by atoms with Crippen LogP contribution in [0.3, 0.4) is 0 Å². The first-order valence-corrected chi connectivity index (χ1v) is 7.34. The molecule has 102 valence electrons. The van der Waals surface area contributed by atoms with Crippen LogP contribution in [-0.4, -0.2) is 11.9 Å². The fourth-order valence-corrected chi connectivity index (χ4v) is 3.06. The molecule has 3 rings (SSSR count). The average Bonchev–Trinajstić information content (AvgIpc) is 3.02. The third kappa shape index (κ3) is 2.18. The molecule has 3 amide bonds. The molecule has 1 aliphatic heterocycles. The number of carbonyl (C=O) groups excluding carboxylic acids is 2. The molecule has 2 aromatic rings. The number of benzene rings is 1. The average molecular weight is 327 g/mol. The molecule has 2 heterocycles. The number of rotatable bonds is 2. The number of thiophene rings is 1. The summed E-state index contributed by atoms with van der Waals surface area (Å²) in [5, 5.41) is 5.19. The summed E-state index contributed by atoms with van der Waals surface area (Å²) in [5.41, 5.74) is 0.404. The lowest BCUT2D eigenvalue weighted by Crippen LogP contribution is -2.30. The van der Waals surface area contributed by atoms with Crippen molar-refractivity contribution in [2.75, 3.05) is 4.90 Å². The van der Waals surface area contributed by atoms with Gasteiger partial charge in [-0.2, -0.15) is 0 Å². The van der Waals surface area contributed by atoms with Crippen LogP contribution in [0, 0.1) is 0 Å². The van der Waals surface area contributed by atoms with Gasteiger partial charge < -0.3 is 5.32 Å². The first-order chi connectivity index (χ1) is 9.58. The molecule has 1 N–H and O–H groups in total. The highest BCUT2D eigenvalue weighted by atomic mass is 35.5. The van der Waals surface area contributed by atoms with Crippen molar-refractivity contribution in [3.8, 4) is 0 Å². The second-order valence-corrected chi connectivity index (χ2v) is 5.96. The van der Waals surface area contributed by atoms with Gasteiger partial charge in [-0.15, -0.1) is 11.3 Å². The number of urea groups is 1. The lowest BCUT2D eigenvalue weighted by atomic mass is 10.2. The van der Waals surface area contributed by atoms with Gasteiger partial charge in [-0.25, -0.2) is 9.69 Å². The largest absolute Gasteiger partial charge is 0.329 e. The van der Waals surface area contributed by atoms with Crippen LogP contribution in [0.15, 0.2) is 35.7 Å². The monoisotopic (exact) mass is 326 g/mol. The Kier molecular flexibility index (Phi) is 3.41. The molecular weight excluding hydrogens is 319 g/mol.